The molecule has 4 N–H and O–H groups in total. The highest BCUT2D eigenvalue weighted by Crippen LogP contribution is 2.32. The van der Waals surface area contributed by atoms with Gasteiger partial charge in [-0.15, -0.1) is 0 Å². The summed E-state index contributed by atoms with van der Waals surface area (Å²) in [6.07, 6.45) is 5.97. The second-order valence-corrected chi connectivity index (χ2v) is 8.18. The van der Waals surface area contributed by atoms with Gasteiger partial charge in [0.05, 0.1) is 31.5 Å². The highest BCUT2D eigenvalue weighted by Gasteiger charge is 2.20. The van der Waals surface area contributed by atoms with E-state index in [0.29, 0.717) is 41.9 Å². The zero-order valence-electron chi connectivity index (χ0n) is 19.8. The summed E-state index contributed by atoms with van der Waals surface area (Å²) in [6.45, 7) is 1.45. The lowest BCUT2D eigenvalue weighted by Gasteiger charge is -2.31. The molecule has 3 aromatic rings. The molecular weight excluding hydrogens is 462 g/mol. The van der Waals surface area contributed by atoms with Crippen molar-refractivity contribution in [2.45, 2.75) is 25.5 Å². The number of hydrogen-bond donors (Lipinski definition) is 4. The van der Waals surface area contributed by atoms with Crippen molar-refractivity contribution in [1.82, 2.24) is 15.2 Å². The number of amides is 2. The van der Waals surface area contributed by atoms with Crippen LogP contribution in [0.5, 0.6) is 5.75 Å². The normalized spacial score (nSPS) is 15.6. The minimum atomic E-state index is -0.436. The van der Waals surface area contributed by atoms with E-state index in [-0.39, 0.29) is 0 Å². The zero-order valence-corrected chi connectivity index (χ0v) is 19.8. The monoisotopic (exact) mass is 489 g/mol. The van der Waals surface area contributed by atoms with E-state index in [1.807, 2.05) is 29.3 Å². The number of carbonyl (C=O) groups excluding carboxylic acids is 1. The number of hydrogen-bond acceptors (Lipinski definition) is 7. The number of aliphatic imine (C=N–C) groups is 1. The van der Waals surface area contributed by atoms with Gasteiger partial charge in [0.25, 0.3) is 0 Å². The Morgan fingerprint density at radius 1 is 1.31 bits per heavy atom. The van der Waals surface area contributed by atoms with Crippen LogP contribution >= 0.6 is 0 Å². The van der Waals surface area contributed by atoms with Crippen molar-refractivity contribution in [2.24, 2.45) is 4.99 Å². The maximum absolute atomic E-state index is 12.6. The number of carbonyl (C=O) groups is 1. The Hall–Kier alpha value is -4.56. The second kappa shape index (κ2) is 11.7. The molecule has 1 aromatic heterocycles. The molecular formula is C25H27N7O4. The molecule has 36 heavy (non-hydrogen) atoms. The predicted molar refractivity (Wildman–Crippen MR) is 134 cm³/mol. The number of guanidine groups is 1. The van der Waals surface area contributed by atoms with E-state index in [9.17, 15) is 9.90 Å². The molecule has 2 amide bonds. The van der Waals surface area contributed by atoms with Crippen LogP contribution < -0.4 is 20.7 Å². The van der Waals surface area contributed by atoms with Gasteiger partial charge in [0.15, 0.2) is 18.3 Å². The number of methoxy groups -OCH3 is 1. The van der Waals surface area contributed by atoms with Gasteiger partial charge in [-0.2, -0.15) is 5.26 Å². The minimum Gasteiger partial charge on any atom is -0.496 e. The first-order chi connectivity index (χ1) is 17.6. The third kappa shape index (κ3) is 6.31. The summed E-state index contributed by atoms with van der Waals surface area (Å²) in [5.74, 6) is 1.52. The molecule has 0 saturated carbocycles. The summed E-state index contributed by atoms with van der Waals surface area (Å²) in [5.41, 5.74) is 2.71. The second-order valence-electron chi connectivity index (χ2n) is 8.18. The third-order valence-corrected chi connectivity index (χ3v) is 5.62. The van der Waals surface area contributed by atoms with Gasteiger partial charge in [0, 0.05) is 30.5 Å². The maximum Gasteiger partial charge on any atom is 0.323 e. The van der Waals surface area contributed by atoms with E-state index < -0.39 is 12.1 Å². The van der Waals surface area contributed by atoms with Crippen LogP contribution in [-0.4, -0.2) is 53.3 Å². The summed E-state index contributed by atoms with van der Waals surface area (Å²) in [4.78, 5) is 22.9. The maximum atomic E-state index is 12.6. The molecule has 4 rings (SSSR count). The molecule has 1 aliphatic rings. The lowest BCUT2D eigenvalue weighted by molar-refractivity contribution is 0.102. The molecule has 186 valence electrons. The zero-order chi connectivity index (χ0) is 25.3. The number of nitrogens with one attached hydrogen (secondary N) is 3. The summed E-state index contributed by atoms with van der Waals surface area (Å²) in [6, 6.07) is 12.1. The van der Waals surface area contributed by atoms with E-state index in [0.717, 1.165) is 30.5 Å². The fourth-order valence-corrected chi connectivity index (χ4v) is 3.94. The van der Waals surface area contributed by atoms with Crippen LogP contribution in [0, 0.1) is 11.5 Å². The van der Waals surface area contributed by atoms with Gasteiger partial charge in [0.1, 0.15) is 5.75 Å². The van der Waals surface area contributed by atoms with Crippen molar-refractivity contribution in [2.75, 3.05) is 30.8 Å². The average molecular weight is 490 g/mol. The third-order valence-electron chi connectivity index (χ3n) is 5.62. The number of nitrogens with zero attached hydrogens (tertiary/aromatic N) is 4. The van der Waals surface area contributed by atoms with Crippen LogP contribution in [0.15, 0.2) is 64.5 Å². The molecule has 11 nitrogen and oxygen atoms in total. The van der Waals surface area contributed by atoms with E-state index in [1.165, 1.54) is 13.5 Å². The number of aromatic nitrogens is 1. The number of benzene rings is 2. The summed E-state index contributed by atoms with van der Waals surface area (Å²) < 4.78 is 10.8. The summed E-state index contributed by atoms with van der Waals surface area (Å²) in [7, 11) is 1.54. The number of oxazole rings is 1. The quantitative estimate of drug-likeness (QED) is 0.178. The van der Waals surface area contributed by atoms with E-state index in [2.05, 4.69) is 25.9 Å². The molecule has 1 unspecified atom stereocenters. The van der Waals surface area contributed by atoms with Gasteiger partial charge < -0.3 is 29.8 Å². The molecule has 1 fully saturated rings. The van der Waals surface area contributed by atoms with Gasteiger partial charge in [-0.1, -0.05) is 12.1 Å². The van der Waals surface area contributed by atoms with Gasteiger partial charge >= 0.3 is 6.03 Å². The number of anilines is 2. The van der Waals surface area contributed by atoms with Crippen LogP contribution in [-0.2, 0) is 6.54 Å². The molecule has 2 heterocycles. The van der Waals surface area contributed by atoms with Gasteiger partial charge in [-0.05, 0) is 42.7 Å². The molecule has 0 aliphatic carbocycles. The average Bonchev–Trinajstić information content (AvgIpc) is 3.41. The van der Waals surface area contributed by atoms with Gasteiger partial charge in [0.2, 0.25) is 5.96 Å². The first-order valence-electron chi connectivity index (χ1n) is 11.4. The van der Waals surface area contributed by atoms with Crippen molar-refractivity contribution in [3.8, 4) is 23.3 Å². The molecule has 1 aliphatic heterocycles. The van der Waals surface area contributed by atoms with Crippen LogP contribution in [0.4, 0.5) is 16.2 Å². The summed E-state index contributed by atoms with van der Waals surface area (Å²) in [5, 5.41) is 27.2. The number of β-amino-alcohol motifs (C(OH)–C–C–N with tert-alkyl or cyclic N) is 1. The number of nitriles is 1. The number of urea groups is 1. The smallest absolute Gasteiger partial charge is 0.323 e. The van der Waals surface area contributed by atoms with Crippen molar-refractivity contribution in [3.63, 3.8) is 0 Å². The van der Waals surface area contributed by atoms with E-state index in [4.69, 9.17) is 14.4 Å². The minimum absolute atomic E-state index is 0.300. The molecule has 2 aromatic carbocycles. The fraction of sp³-hybridized carbons (Fsp3) is 0.280. The van der Waals surface area contributed by atoms with Crippen LogP contribution in [0.25, 0.3) is 11.3 Å². The Morgan fingerprint density at radius 3 is 2.86 bits per heavy atom. The Labute approximate surface area is 208 Å². The van der Waals surface area contributed by atoms with Crippen molar-refractivity contribution in [3.05, 3.63) is 60.6 Å². The topological polar surface area (TPSA) is 148 Å². The van der Waals surface area contributed by atoms with E-state index in [1.54, 1.807) is 30.5 Å². The molecule has 1 saturated heterocycles. The first-order valence-corrected chi connectivity index (χ1v) is 11.4. The highest BCUT2D eigenvalue weighted by atomic mass is 16.5. The Balaban J connectivity index is 1.39. The Kier molecular flexibility index (Phi) is 8.00. The lowest BCUT2D eigenvalue weighted by atomic mass is 10.1. The highest BCUT2D eigenvalue weighted by molar-refractivity contribution is 6.00. The van der Waals surface area contributed by atoms with Crippen molar-refractivity contribution >= 4 is 23.4 Å². The van der Waals surface area contributed by atoms with Crippen molar-refractivity contribution < 1.29 is 19.1 Å². The SMILES string of the molecule is COc1cc(NC(=O)Nc2cccc(C/N=C(\NC#N)N3CCCC(O)C3)c2)ccc1-c1cnco1. The van der Waals surface area contributed by atoms with E-state index >= 15 is 0 Å². The number of likely N-dealkylation sites (tertiary alicyclic amines) is 1. The Morgan fingerprint density at radius 2 is 2.14 bits per heavy atom. The van der Waals surface area contributed by atoms with Crippen molar-refractivity contribution in [1.29, 1.82) is 5.26 Å². The van der Waals surface area contributed by atoms with Gasteiger partial charge in [-0.3, -0.25) is 5.32 Å². The number of aliphatic hydroxyl groups excluding tert-OH is 1. The van der Waals surface area contributed by atoms with Gasteiger partial charge in [-0.25, -0.2) is 14.8 Å². The largest absolute Gasteiger partial charge is 0.496 e. The molecule has 0 bridgehead atoms. The molecule has 0 spiro atoms. The fourth-order valence-electron chi connectivity index (χ4n) is 3.94. The molecule has 11 heteroatoms. The summed E-state index contributed by atoms with van der Waals surface area (Å²) >= 11 is 0. The number of aliphatic hydroxyl groups is 1. The molecule has 1 atom stereocenters. The van der Waals surface area contributed by atoms with Crippen LogP contribution in [0.3, 0.4) is 0 Å². The predicted octanol–water partition coefficient (Wildman–Crippen LogP) is 3.38. The number of ether oxygens (including phenoxy) is 1. The van der Waals surface area contributed by atoms with Crippen LogP contribution in [0.1, 0.15) is 18.4 Å². The number of rotatable bonds is 6. The first kappa shape index (κ1) is 24.6. The molecule has 0 radical (unpaired) electrons. The Bertz CT molecular complexity index is 1250. The number of piperidine rings is 1. The lowest BCUT2D eigenvalue weighted by Crippen LogP contribution is -2.47. The van der Waals surface area contributed by atoms with Crippen LogP contribution in [0.2, 0.25) is 0 Å². The standard InChI is InChI=1S/C25H27N7O4/c1-35-22-11-19(7-8-21(22)23-13-27-16-36-23)31-25(34)30-18-5-2-4-17(10-18)12-28-24(29-15-26)32-9-3-6-20(33)14-32/h2,4-5,7-8,10-11,13,16,20,33H,3,6,9,12,14H2,1H3,(H,28,29)(H2,30,31,34).